The highest BCUT2D eigenvalue weighted by Gasteiger charge is 2.20. The lowest BCUT2D eigenvalue weighted by Crippen LogP contribution is -2.29. The number of aliphatic hydroxyl groups excluding tert-OH is 3. The van der Waals surface area contributed by atoms with Gasteiger partial charge in [-0.3, -0.25) is 9.59 Å². The average molecular weight is 521 g/mol. The summed E-state index contributed by atoms with van der Waals surface area (Å²) in [7, 11) is 0. The molecule has 0 spiro atoms. The molecule has 0 aliphatic carbocycles. The Morgan fingerprint density at radius 2 is 0.694 bits per heavy atom. The van der Waals surface area contributed by atoms with Gasteiger partial charge in [0.15, 0.2) is 0 Å². The monoisotopic (exact) mass is 520 g/mol. The first-order chi connectivity index (χ1) is 17.2. The highest BCUT2D eigenvalue weighted by atomic mass is 16.4. The van der Waals surface area contributed by atoms with Gasteiger partial charge in [-0.25, -0.2) is 0 Å². The van der Waals surface area contributed by atoms with Crippen LogP contribution >= 0.6 is 0 Å². The molecule has 0 aliphatic heterocycles. The van der Waals surface area contributed by atoms with Crippen LogP contribution in [0.1, 0.15) is 149 Å². The second-order valence-electron chi connectivity index (χ2n) is 10.2. The van der Waals surface area contributed by atoms with Crippen LogP contribution in [0.15, 0.2) is 0 Å². The molecular weight excluding hydrogens is 460 g/mol. The van der Waals surface area contributed by atoms with Crippen molar-refractivity contribution < 1.29 is 35.1 Å². The molecule has 0 aromatic carbocycles. The van der Waals surface area contributed by atoms with Crippen LogP contribution in [0.25, 0.3) is 0 Å². The summed E-state index contributed by atoms with van der Waals surface area (Å²) >= 11 is 0. The Morgan fingerprint density at radius 3 is 0.861 bits per heavy atom. The highest BCUT2D eigenvalue weighted by Crippen LogP contribution is 2.12. The zero-order chi connectivity index (χ0) is 27.9. The Balaban J connectivity index is -0.000000472. The summed E-state index contributed by atoms with van der Waals surface area (Å²) < 4.78 is 0. The van der Waals surface area contributed by atoms with Crippen molar-refractivity contribution in [3.05, 3.63) is 0 Å². The maximum Gasteiger partial charge on any atom is 0.303 e. The molecule has 0 amide bonds. The minimum absolute atomic E-state index is 0.181. The van der Waals surface area contributed by atoms with E-state index in [0.29, 0.717) is 12.8 Å². The van der Waals surface area contributed by atoms with Crippen molar-refractivity contribution in [1.82, 2.24) is 0 Å². The topological polar surface area (TPSA) is 135 Å². The fraction of sp³-hybridized carbons (Fsp3) is 0.931. The molecule has 0 fully saturated rings. The third kappa shape index (κ3) is 37.4. The first kappa shape index (κ1) is 39.3. The van der Waals surface area contributed by atoms with Gasteiger partial charge < -0.3 is 25.5 Å². The van der Waals surface area contributed by atoms with E-state index in [1.165, 1.54) is 89.9 Å². The normalized spacial score (nSPS) is 10.7. The van der Waals surface area contributed by atoms with Gasteiger partial charge in [-0.2, -0.15) is 0 Å². The number of hydrogen-bond donors (Lipinski definition) is 5. The van der Waals surface area contributed by atoms with Crippen LogP contribution in [0.3, 0.4) is 0 Å². The maximum atomic E-state index is 10.2. The van der Waals surface area contributed by atoms with Crippen molar-refractivity contribution in [2.75, 3.05) is 19.8 Å². The van der Waals surface area contributed by atoms with Gasteiger partial charge in [-0.15, -0.1) is 0 Å². The average Bonchev–Trinajstić information content (AvgIpc) is 2.86. The summed E-state index contributed by atoms with van der Waals surface area (Å²) in [5.41, 5.74) is -0.708. The summed E-state index contributed by atoms with van der Waals surface area (Å²) in [6.07, 6.45) is 23.0. The molecule has 0 radical (unpaired) electrons. The minimum atomic E-state index is -0.708. The van der Waals surface area contributed by atoms with Crippen molar-refractivity contribution in [3.8, 4) is 0 Å². The third-order valence-electron chi connectivity index (χ3n) is 6.13. The lowest BCUT2D eigenvalue weighted by atomic mass is 9.95. The molecule has 0 saturated heterocycles. The quantitative estimate of drug-likeness (QED) is 0.0919. The predicted octanol–water partition coefficient (Wildman–Crippen LogP) is 6.95. The Kier molecular flexibility index (Phi) is 34.8. The van der Waals surface area contributed by atoms with Gasteiger partial charge in [0.2, 0.25) is 0 Å². The predicted molar refractivity (Wildman–Crippen MR) is 148 cm³/mol. The van der Waals surface area contributed by atoms with E-state index in [4.69, 9.17) is 25.5 Å². The van der Waals surface area contributed by atoms with Gasteiger partial charge in [0, 0.05) is 18.3 Å². The Bertz CT molecular complexity index is 411. The SMILES string of the molecule is CC(CO)(CO)CO.CCCCCCCCCCCC(=O)O.CCCCCCCCCCCC(=O)O. The Morgan fingerprint density at radius 1 is 0.472 bits per heavy atom. The molecule has 0 aromatic heterocycles. The van der Waals surface area contributed by atoms with Crippen molar-refractivity contribution >= 4 is 11.9 Å². The molecular formula is C29H60O7. The summed E-state index contributed by atoms with van der Waals surface area (Å²) in [4.78, 5) is 20.4. The lowest BCUT2D eigenvalue weighted by molar-refractivity contribution is -0.138. The zero-order valence-electron chi connectivity index (χ0n) is 23.8. The first-order valence-electron chi connectivity index (χ1n) is 14.5. The van der Waals surface area contributed by atoms with E-state index >= 15 is 0 Å². The van der Waals surface area contributed by atoms with Gasteiger partial charge in [0.1, 0.15) is 0 Å². The van der Waals surface area contributed by atoms with E-state index in [2.05, 4.69) is 13.8 Å². The summed E-state index contributed by atoms with van der Waals surface area (Å²) in [5.74, 6) is -1.32. The maximum absolute atomic E-state index is 10.2. The van der Waals surface area contributed by atoms with E-state index in [9.17, 15) is 9.59 Å². The van der Waals surface area contributed by atoms with Crippen LogP contribution in [-0.2, 0) is 9.59 Å². The molecule has 0 saturated carbocycles. The fourth-order valence-corrected chi connectivity index (χ4v) is 3.32. The fourth-order valence-electron chi connectivity index (χ4n) is 3.32. The molecule has 5 N–H and O–H groups in total. The van der Waals surface area contributed by atoms with Gasteiger partial charge in [0.25, 0.3) is 0 Å². The number of carboxylic acid groups (broad SMARTS) is 2. The number of aliphatic hydroxyl groups is 3. The van der Waals surface area contributed by atoms with E-state index in [0.717, 1.165) is 25.7 Å². The lowest BCUT2D eigenvalue weighted by Gasteiger charge is -2.20. The highest BCUT2D eigenvalue weighted by molar-refractivity contribution is 5.66. The molecule has 7 nitrogen and oxygen atoms in total. The van der Waals surface area contributed by atoms with Gasteiger partial charge in [-0.05, 0) is 12.8 Å². The summed E-state index contributed by atoms with van der Waals surface area (Å²) in [5, 5.41) is 42.2. The van der Waals surface area contributed by atoms with E-state index in [-0.39, 0.29) is 19.8 Å². The molecule has 7 heteroatoms. The molecule has 0 unspecified atom stereocenters. The number of aliphatic carboxylic acids is 2. The van der Waals surface area contributed by atoms with Crippen molar-refractivity contribution in [2.45, 2.75) is 149 Å². The van der Waals surface area contributed by atoms with E-state index in [1.807, 2.05) is 0 Å². The van der Waals surface area contributed by atoms with Crippen molar-refractivity contribution in [3.63, 3.8) is 0 Å². The van der Waals surface area contributed by atoms with Crippen LogP contribution in [0.5, 0.6) is 0 Å². The number of unbranched alkanes of at least 4 members (excludes halogenated alkanes) is 16. The zero-order valence-corrected chi connectivity index (χ0v) is 23.8. The molecule has 0 rings (SSSR count). The van der Waals surface area contributed by atoms with Crippen LogP contribution in [0, 0.1) is 5.41 Å². The van der Waals surface area contributed by atoms with Gasteiger partial charge >= 0.3 is 11.9 Å². The first-order valence-corrected chi connectivity index (χ1v) is 14.5. The van der Waals surface area contributed by atoms with E-state index in [1.54, 1.807) is 6.92 Å². The van der Waals surface area contributed by atoms with Crippen LogP contribution in [0.4, 0.5) is 0 Å². The number of carbonyl (C=O) groups is 2. The molecule has 36 heavy (non-hydrogen) atoms. The van der Waals surface area contributed by atoms with Crippen LogP contribution in [0.2, 0.25) is 0 Å². The molecule has 218 valence electrons. The molecule has 0 bridgehead atoms. The van der Waals surface area contributed by atoms with Crippen molar-refractivity contribution in [1.29, 1.82) is 0 Å². The Hall–Kier alpha value is -1.18. The molecule has 0 aliphatic rings. The molecule has 0 heterocycles. The summed E-state index contributed by atoms with van der Waals surface area (Å²) in [6.45, 7) is 5.52. The van der Waals surface area contributed by atoms with E-state index < -0.39 is 17.4 Å². The Labute approximate surface area is 221 Å². The van der Waals surface area contributed by atoms with Crippen LogP contribution < -0.4 is 0 Å². The summed E-state index contributed by atoms with van der Waals surface area (Å²) in [6, 6.07) is 0. The number of carboxylic acids is 2. The van der Waals surface area contributed by atoms with Crippen molar-refractivity contribution in [2.24, 2.45) is 5.41 Å². The van der Waals surface area contributed by atoms with Crippen LogP contribution in [-0.4, -0.2) is 57.3 Å². The molecule has 0 aromatic rings. The van der Waals surface area contributed by atoms with Gasteiger partial charge in [0.05, 0.1) is 19.8 Å². The second-order valence-corrected chi connectivity index (χ2v) is 10.2. The van der Waals surface area contributed by atoms with Gasteiger partial charge in [-0.1, -0.05) is 124 Å². The largest absolute Gasteiger partial charge is 0.481 e. The third-order valence-corrected chi connectivity index (χ3v) is 6.13. The minimum Gasteiger partial charge on any atom is -0.481 e. The standard InChI is InChI=1S/2C12H24O2.C5H12O3/c2*1-2-3-4-5-6-7-8-9-10-11-12(13)14;1-5(2-6,3-7)4-8/h2*2-11H2,1H3,(H,13,14);6-8H,2-4H2,1H3. The number of hydrogen-bond acceptors (Lipinski definition) is 5. The second kappa shape index (κ2) is 31.8. The smallest absolute Gasteiger partial charge is 0.303 e. The number of rotatable bonds is 23. The molecule has 0 atom stereocenters.